The van der Waals surface area contributed by atoms with Crippen LogP contribution >= 0.6 is 0 Å². The Balaban J connectivity index is 1.26. The van der Waals surface area contributed by atoms with Crippen LogP contribution in [0.2, 0.25) is 0 Å². The van der Waals surface area contributed by atoms with Gasteiger partial charge in [-0.05, 0) is 18.1 Å². The SMILES string of the molecule is O=C(NCCc1c[nH]c2ccccc12)C(=O)N1CCC2(CC1)OCCO2. The third-order valence-corrected chi connectivity index (χ3v) is 5.18. The second-order valence-electron chi connectivity index (χ2n) is 6.77. The number of rotatable bonds is 3. The lowest BCUT2D eigenvalue weighted by atomic mass is 10.0. The number of nitrogens with one attached hydrogen (secondary N) is 2. The Morgan fingerprint density at radius 1 is 1.15 bits per heavy atom. The van der Waals surface area contributed by atoms with Crippen LogP contribution in [0, 0.1) is 0 Å². The van der Waals surface area contributed by atoms with Crippen molar-refractivity contribution in [2.24, 2.45) is 0 Å². The summed E-state index contributed by atoms with van der Waals surface area (Å²) in [7, 11) is 0. The molecule has 1 spiro atoms. The first-order chi connectivity index (χ1) is 12.7. The Kier molecular flexibility index (Phi) is 4.65. The number of para-hydroxylation sites is 1. The molecule has 2 fully saturated rings. The molecule has 0 aliphatic carbocycles. The summed E-state index contributed by atoms with van der Waals surface area (Å²) in [4.78, 5) is 29.3. The number of carbonyl (C=O) groups excluding carboxylic acids is 2. The maximum Gasteiger partial charge on any atom is 0.311 e. The molecule has 2 aliphatic heterocycles. The summed E-state index contributed by atoms with van der Waals surface area (Å²) >= 11 is 0. The number of hydrogen-bond donors (Lipinski definition) is 2. The maximum atomic E-state index is 12.3. The molecule has 0 atom stereocenters. The summed E-state index contributed by atoms with van der Waals surface area (Å²) in [6.07, 6.45) is 3.85. The number of carbonyl (C=O) groups is 2. The number of aromatic nitrogens is 1. The van der Waals surface area contributed by atoms with Crippen molar-refractivity contribution in [1.82, 2.24) is 15.2 Å². The van der Waals surface area contributed by atoms with E-state index in [4.69, 9.17) is 9.47 Å². The molecular weight excluding hydrogens is 334 g/mol. The molecule has 4 rings (SSSR count). The van der Waals surface area contributed by atoms with Crippen LogP contribution in [0.1, 0.15) is 18.4 Å². The highest BCUT2D eigenvalue weighted by Gasteiger charge is 2.41. The van der Waals surface area contributed by atoms with Crippen molar-refractivity contribution in [3.05, 3.63) is 36.0 Å². The van der Waals surface area contributed by atoms with Gasteiger partial charge in [0.1, 0.15) is 0 Å². The molecule has 2 N–H and O–H groups in total. The lowest BCUT2D eigenvalue weighted by Gasteiger charge is -2.37. The van der Waals surface area contributed by atoms with Crippen molar-refractivity contribution in [2.75, 3.05) is 32.8 Å². The largest absolute Gasteiger partial charge is 0.361 e. The molecule has 7 nitrogen and oxygen atoms in total. The number of hydrogen-bond acceptors (Lipinski definition) is 4. The number of fused-ring (bicyclic) bond motifs is 1. The van der Waals surface area contributed by atoms with Gasteiger partial charge in [-0.25, -0.2) is 0 Å². The summed E-state index contributed by atoms with van der Waals surface area (Å²) in [6.45, 7) is 2.59. The average Bonchev–Trinajstić information content (AvgIpc) is 3.29. The summed E-state index contributed by atoms with van der Waals surface area (Å²) < 4.78 is 11.3. The van der Waals surface area contributed by atoms with Gasteiger partial charge < -0.3 is 24.7 Å². The summed E-state index contributed by atoms with van der Waals surface area (Å²) in [5.74, 6) is -1.56. The number of nitrogens with zero attached hydrogens (tertiary/aromatic N) is 1. The zero-order chi connectivity index (χ0) is 18.0. The second kappa shape index (κ2) is 7.09. The van der Waals surface area contributed by atoms with Crippen LogP contribution in [0.5, 0.6) is 0 Å². The van der Waals surface area contributed by atoms with E-state index in [1.807, 2.05) is 30.5 Å². The molecular formula is C19H23N3O4. The number of ether oxygens (including phenoxy) is 2. The number of aromatic amines is 1. The molecule has 0 bridgehead atoms. The fraction of sp³-hybridized carbons (Fsp3) is 0.474. The van der Waals surface area contributed by atoms with Crippen molar-refractivity contribution in [3.8, 4) is 0 Å². The van der Waals surface area contributed by atoms with Crippen LogP contribution in [-0.4, -0.2) is 60.3 Å². The Morgan fingerprint density at radius 2 is 1.88 bits per heavy atom. The molecule has 7 heteroatoms. The number of amides is 2. The van der Waals surface area contributed by atoms with E-state index in [2.05, 4.69) is 10.3 Å². The molecule has 2 saturated heterocycles. The zero-order valence-corrected chi connectivity index (χ0v) is 14.6. The number of likely N-dealkylation sites (tertiary alicyclic amines) is 1. The molecule has 0 unspecified atom stereocenters. The van der Waals surface area contributed by atoms with Crippen LogP contribution in [0.25, 0.3) is 10.9 Å². The summed E-state index contributed by atoms with van der Waals surface area (Å²) in [5, 5.41) is 3.88. The van der Waals surface area contributed by atoms with E-state index in [0.29, 0.717) is 52.1 Å². The van der Waals surface area contributed by atoms with Crippen molar-refractivity contribution in [2.45, 2.75) is 25.0 Å². The second-order valence-corrected chi connectivity index (χ2v) is 6.77. The predicted molar refractivity (Wildman–Crippen MR) is 95.5 cm³/mol. The molecule has 0 radical (unpaired) electrons. The van der Waals surface area contributed by atoms with Gasteiger partial charge in [-0.3, -0.25) is 9.59 Å². The van der Waals surface area contributed by atoms with Crippen molar-refractivity contribution in [1.29, 1.82) is 0 Å². The van der Waals surface area contributed by atoms with E-state index in [1.165, 1.54) is 0 Å². The van der Waals surface area contributed by atoms with Crippen molar-refractivity contribution < 1.29 is 19.1 Å². The first-order valence-corrected chi connectivity index (χ1v) is 9.07. The maximum absolute atomic E-state index is 12.3. The fourth-order valence-corrected chi connectivity index (χ4v) is 3.70. The van der Waals surface area contributed by atoms with E-state index in [1.54, 1.807) is 4.90 Å². The van der Waals surface area contributed by atoms with Crippen molar-refractivity contribution in [3.63, 3.8) is 0 Å². The van der Waals surface area contributed by atoms with E-state index in [-0.39, 0.29) is 0 Å². The van der Waals surface area contributed by atoms with Gasteiger partial charge in [0.2, 0.25) is 0 Å². The Morgan fingerprint density at radius 3 is 2.65 bits per heavy atom. The third-order valence-electron chi connectivity index (χ3n) is 5.18. The summed E-state index contributed by atoms with van der Waals surface area (Å²) in [5.41, 5.74) is 2.20. The van der Waals surface area contributed by atoms with Gasteiger partial charge in [-0.2, -0.15) is 0 Å². The van der Waals surface area contributed by atoms with E-state index in [9.17, 15) is 9.59 Å². The third kappa shape index (κ3) is 3.32. The highest BCUT2D eigenvalue weighted by atomic mass is 16.7. The predicted octanol–water partition coefficient (Wildman–Crippen LogP) is 1.19. The number of benzene rings is 1. The van der Waals surface area contributed by atoms with Crippen LogP contribution in [0.4, 0.5) is 0 Å². The van der Waals surface area contributed by atoms with Crippen LogP contribution < -0.4 is 5.32 Å². The van der Waals surface area contributed by atoms with Crippen LogP contribution in [-0.2, 0) is 25.5 Å². The smallest absolute Gasteiger partial charge is 0.311 e. The minimum absolute atomic E-state index is 0.427. The van der Waals surface area contributed by atoms with Gasteiger partial charge in [0, 0.05) is 49.6 Å². The van der Waals surface area contributed by atoms with Crippen LogP contribution in [0.15, 0.2) is 30.5 Å². The topological polar surface area (TPSA) is 83.7 Å². The lowest BCUT2D eigenvalue weighted by molar-refractivity contribution is -0.188. The first-order valence-electron chi connectivity index (χ1n) is 9.07. The Hall–Kier alpha value is -2.38. The molecule has 2 aromatic rings. The number of piperidine rings is 1. The minimum atomic E-state index is -0.547. The van der Waals surface area contributed by atoms with Gasteiger partial charge in [0.05, 0.1) is 13.2 Å². The standard InChI is InChI=1S/C19H23N3O4/c23-17(18(24)22-9-6-19(7-10-22)25-11-12-26-19)20-8-5-14-13-21-16-4-2-1-3-15(14)16/h1-4,13,21H,5-12H2,(H,20,23). The van der Waals surface area contributed by atoms with Gasteiger partial charge in [0.25, 0.3) is 0 Å². The Bertz CT molecular complexity index is 800. The lowest BCUT2D eigenvalue weighted by Crippen LogP contribution is -2.51. The van der Waals surface area contributed by atoms with Crippen molar-refractivity contribution >= 4 is 22.7 Å². The molecule has 2 aliphatic rings. The quantitative estimate of drug-likeness (QED) is 0.809. The average molecular weight is 357 g/mol. The van der Waals surface area contributed by atoms with Crippen LogP contribution in [0.3, 0.4) is 0 Å². The van der Waals surface area contributed by atoms with E-state index >= 15 is 0 Å². The molecule has 26 heavy (non-hydrogen) atoms. The molecule has 1 aromatic heterocycles. The van der Waals surface area contributed by atoms with Gasteiger partial charge >= 0.3 is 11.8 Å². The van der Waals surface area contributed by atoms with Gasteiger partial charge in [0.15, 0.2) is 5.79 Å². The highest BCUT2D eigenvalue weighted by molar-refractivity contribution is 6.35. The fourth-order valence-electron chi connectivity index (χ4n) is 3.70. The zero-order valence-electron chi connectivity index (χ0n) is 14.6. The normalized spacial score (nSPS) is 19.2. The molecule has 2 amide bonds. The first kappa shape index (κ1) is 17.1. The Labute approximate surface area is 151 Å². The molecule has 0 saturated carbocycles. The van der Waals surface area contributed by atoms with E-state index in [0.717, 1.165) is 16.5 Å². The van der Waals surface area contributed by atoms with Gasteiger partial charge in [-0.1, -0.05) is 18.2 Å². The highest BCUT2D eigenvalue weighted by Crippen LogP contribution is 2.31. The molecule has 138 valence electrons. The van der Waals surface area contributed by atoms with E-state index < -0.39 is 17.6 Å². The minimum Gasteiger partial charge on any atom is -0.361 e. The monoisotopic (exact) mass is 357 g/mol. The molecule has 3 heterocycles. The summed E-state index contributed by atoms with van der Waals surface area (Å²) in [6, 6.07) is 8.03. The number of H-pyrrole nitrogens is 1. The van der Waals surface area contributed by atoms with Gasteiger partial charge in [-0.15, -0.1) is 0 Å². The molecule has 1 aromatic carbocycles.